The number of rotatable bonds is 12. The molecule has 1 aliphatic heterocycles. The van der Waals surface area contributed by atoms with E-state index >= 15 is 0 Å². The van der Waals surface area contributed by atoms with E-state index in [1.807, 2.05) is 11.9 Å². The van der Waals surface area contributed by atoms with Gasteiger partial charge in [-0.25, -0.2) is 0 Å². The van der Waals surface area contributed by atoms with Gasteiger partial charge in [-0.3, -0.25) is 0 Å². The van der Waals surface area contributed by atoms with Gasteiger partial charge in [-0.05, 0) is 0 Å². The van der Waals surface area contributed by atoms with Crippen LogP contribution in [0.2, 0.25) is 0 Å². The number of hydrogen-bond acceptors (Lipinski definition) is 9. The van der Waals surface area contributed by atoms with Gasteiger partial charge in [-0.1, -0.05) is 0 Å². The molecule has 1 aliphatic carbocycles. The van der Waals surface area contributed by atoms with Crippen molar-refractivity contribution in [1.82, 2.24) is 4.90 Å². The van der Waals surface area contributed by atoms with Crippen LogP contribution in [0.5, 0.6) is 11.5 Å². The van der Waals surface area contributed by atoms with Gasteiger partial charge in [-0.2, -0.15) is 0 Å². The molecule has 1 atom stereocenters. The summed E-state index contributed by atoms with van der Waals surface area (Å²) in [7, 11) is -0.620. The maximum absolute atomic E-state index is 13.7. The maximum atomic E-state index is 13.7. The fraction of sp³-hybridized carbons (Fsp3) is 0.458. The van der Waals surface area contributed by atoms with Gasteiger partial charge in [-0.15, -0.1) is 0 Å². The zero-order chi connectivity index (χ0) is 26.2. The molecule has 9 nitrogen and oxygen atoms in total. The number of carbonyl (C=O) groups excluding carboxylic acids is 3. The number of fused-ring (bicyclic) bond motifs is 1. The summed E-state index contributed by atoms with van der Waals surface area (Å²) < 4.78 is 42.7. The summed E-state index contributed by atoms with van der Waals surface area (Å²) in [5, 5.41) is 1.15. The van der Waals surface area contributed by atoms with E-state index in [0.717, 1.165) is 4.90 Å². The Hall–Kier alpha value is -2.03. The number of halogens is 1. The van der Waals surface area contributed by atoms with Crippen molar-refractivity contribution in [3.63, 3.8) is 0 Å². The SMILES string of the molecule is CCOc1cc([C@H](CS(=O)(=O)C2CC2)N2C(=O)c3csc(I(C)C(=O)COC)c3C2=O)ccc1OC. The molecule has 1 aromatic heterocycles. The van der Waals surface area contributed by atoms with Gasteiger partial charge in [0.05, 0.1) is 0 Å². The molecule has 1 fully saturated rings. The number of benzene rings is 1. The molecule has 0 N–H and O–H groups in total. The van der Waals surface area contributed by atoms with Crippen LogP contribution in [0.3, 0.4) is 0 Å². The number of thiophene rings is 1. The van der Waals surface area contributed by atoms with Gasteiger partial charge >= 0.3 is 222 Å². The molecule has 2 aromatic rings. The number of ether oxygens (including phenoxy) is 3. The second kappa shape index (κ2) is 10.8. The van der Waals surface area contributed by atoms with Crippen LogP contribution in [0, 0.1) is 2.88 Å². The Labute approximate surface area is 221 Å². The monoisotopic (exact) mass is 649 g/mol. The normalized spacial score (nSPS) is 16.7. The molecule has 2 heterocycles. The number of alkyl halides is 1. The molecule has 0 saturated heterocycles. The molecule has 12 heteroatoms. The molecule has 2 aliphatic rings. The fourth-order valence-corrected chi connectivity index (χ4v) is 11.6. The van der Waals surface area contributed by atoms with Gasteiger partial charge in [0.15, 0.2) is 0 Å². The Balaban J connectivity index is 1.77. The summed E-state index contributed by atoms with van der Waals surface area (Å²) in [6, 6.07) is 3.88. The Morgan fingerprint density at radius 2 is 1.92 bits per heavy atom. The number of amides is 2. The van der Waals surface area contributed by atoms with Crippen LogP contribution < -0.4 is 9.47 Å². The Morgan fingerprint density at radius 3 is 2.53 bits per heavy atom. The first-order valence-corrected chi connectivity index (χ1v) is 18.2. The van der Waals surface area contributed by atoms with Crippen LogP contribution in [-0.4, -0.2) is 72.3 Å². The van der Waals surface area contributed by atoms with E-state index in [1.54, 1.807) is 23.6 Å². The van der Waals surface area contributed by atoms with Crippen molar-refractivity contribution in [2.24, 2.45) is 0 Å². The first-order valence-electron chi connectivity index (χ1n) is 11.3. The van der Waals surface area contributed by atoms with Crippen molar-refractivity contribution < 1.29 is 37.0 Å². The fourth-order valence-electron chi connectivity index (χ4n) is 4.09. The standard InChI is InChI=1S/C24H28INO8S2/c1-5-34-19-10-14(6-9-18(19)33-4)17(13-36(30,31)15-7-8-15)26-23(28)16-12-35-22(21(16)24(26)29)25(2)20(27)11-32-3/h6,9-10,12,15,17H,5,7-8,11,13H2,1-4H3/t17-/m0/s1. The molecule has 36 heavy (non-hydrogen) atoms. The minimum atomic E-state index is -3.55. The first-order chi connectivity index (χ1) is 17.1. The topological polar surface area (TPSA) is 116 Å². The number of imide groups is 1. The number of hydrogen-bond donors (Lipinski definition) is 0. The van der Waals surface area contributed by atoms with Crippen LogP contribution in [0.15, 0.2) is 23.6 Å². The molecule has 0 bridgehead atoms. The average Bonchev–Trinajstić information content (AvgIpc) is 3.58. The van der Waals surface area contributed by atoms with E-state index in [0.29, 0.717) is 39.4 Å². The number of sulfone groups is 1. The molecule has 4 rings (SSSR count). The predicted octanol–water partition coefficient (Wildman–Crippen LogP) is 3.55. The molecule has 0 spiro atoms. The number of carbonyl (C=O) groups is 3. The van der Waals surface area contributed by atoms with Crippen LogP contribution in [0.4, 0.5) is 0 Å². The Morgan fingerprint density at radius 1 is 1.19 bits per heavy atom. The summed E-state index contributed by atoms with van der Waals surface area (Å²) >= 11 is -1.21. The summed E-state index contributed by atoms with van der Waals surface area (Å²) in [5.41, 5.74) is 0.916. The summed E-state index contributed by atoms with van der Waals surface area (Å²) in [5.74, 6) is -0.641. The molecule has 0 unspecified atom stereocenters. The van der Waals surface area contributed by atoms with E-state index in [-0.39, 0.29) is 27.3 Å². The molecule has 1 aromatic carbocycles. The zero-order valence-electron chi connectivity index (χ0n) is 20.4. The number of nitrogens with zero attached hydrogens (tertiary/aromatic N) is 1. The molecule has 2 amide bonds. The van der Waals surface area contributed by atoms with Crippen LogP contribution in [-0.2, 0) is 19.4 Å². The first kappa shape index (κ1) is 27.0. The van der Waals surface area contributed by atoms with E-state index < -0.39 is 52.8 Å². The van der Waals surface area contributed by atoms with Crippen molar-refractivity contribution >= 4 is 56.6 Å². The van der Waals surface area contributed by atoms with Crippen molar-refractivity contribution in [2.75, 3.05) is 38.1 Å². The van der Waals surface area contributed by atoms with E-state index in [4.69, 9.17) is 14.2 Å². The molecule has 1 saturated carbocycles. The third-order valence-corrected chi connectivity index (χ3v) is 15.5. The zero-order valence-corrected chi connectivity index (χ0v) is 24.2. The van der Waals surface area contributed by atoms with Crippen LogP contribution in [0.25, 0.3) is 0 Å². The Bertz CT molecular complexity index is 1300. The number of methoxy groups -OCH3 is 2. The van der Waals surface area contributed by atoms with Gasteiger partial charge in [0.1, 0.15) is 0 Å². The van der Waals surface area contributed by atoms with Crippen molar-refractivity contribution in [1.29, 1.82) is 0 Å². The molecule has 196 valence electrons. The van der Waals surface area contributed by atoms with Crippen LogP contribution >= 0.6 is 31.2 Å². The summed E-state index contributed by atoms with van der Waals surface area (Å²) in [6.07, 6.45) is 1.15. The van der Waals surface area contributed by atoms with E-state index in [2.05, 4.69) is 0 Å². The van der Waals surface area contributed by atoms with Gasteiger partial charge in [0.2, 0.25) is 0 Å². The summed E-state index contributed by atoms with van der Waals surface area (Å²) in [6.45, 7) is 2.12. The third kappa shape index (κ3) is 5.04. The van der Waals surface area contributed by atoms with E-state index in [9.17, 15) is 22.8 Å². The second-order valence-electron chi connectivity index (χ2n) is 8.43. The van der Waals surface area contributed by atoms with Gasteiger partial charge < -0.3 is 0 Å². The molecular formula is C24H28INO8S2. The Kier molecular flexibility index (Phi) is 8.07. The third-order valence-electron chi connectivity index (χ3n) is 6.07. The van der Waals surface area contributed by atoms with Crippen molar-refractivity contribution in [2.45, 2.75) is 31.1 Å². The van der Waals surface area contributed by atoms with Gasteiger partial charge in [0, 0.05) is 0 Å². The van der Waals surface area contributed by atoms with E-state index in [1.165, 1.54) is 25.6 Å². The quantitative estimate of drug-likeness (QED) is 0.149. The average molecular weight is 650 g/mol. The van der Waals surface area contributed by atoms with Crippen molar-refractivity contribution in [3.05, 3.63) is 43.2 Å². The van der Waals surface area contributed by atoms with Crippen LogP contribution in [0.1, 0.15) is 52.1 Å². The second-order valence-corrected chi connectivity index (χ2v) is 17.3. The van der Waals surface area contributed by atoms with Crippen molar-refractivity contribution in [3.8, 4) is 11.5 Å². The molecular weight excluding hydrogens is 621 g/mol. The molecule has 0 radical (unpaired) electrons. The van der Waals surface area contributed by atoms with Gasteiger partial charge in [0.25, 0.3) is 0 Å². The predicted molar refractivity (Wildman–Crippen MR) is 144 cm³/mol. The minimum absolute atomic E-state index is 0.0474. The summed E-state index contributed by atoms with van der Waals surface area (Å²) in [4.78, 5) is 42.7.